The van der Waals surface area contributed by atoms with Gasteiger partial charge in [0.2, 0.25) is 0 Å². The molecule has 0 bridgehead atoms. The average Bonchev–Trinajstić information content (AvgIpc) is 2.43. The van der Waals surface area contributed by atoms with Gasteiger partial charge in [-0.25, -0.2) is 0 Å². The number of rotatable bonds is 5. The highest BCUT2D eigenvalue weighted by Gasteiger charge is 2.14. The second kappa shape index (κ2) is 6.21. The summed E-state index contributed by atoms with van der Waals surface area (Å²) in [5, 5.41) is 6.39. The molecule has 0 saturated carbocycles. The zero-order valence-corrected chi connectivity index (χ0v) is 12.5. The highest BCUT2D eigenvalue weighted by Crippen LogP contribution is 2.21. The van der Waals surface area contributed by atoms with Crippen molar-refractivity contribution in [1.82, 2.24) is 5.32 Å². The molecule has 102 valence electrons. The van der Waals surface area contributed by atoms with E-state index in [1.807, 2.05) is 0 Å². The summed E-state index contributed by atoms with van der Waals surface area (Å²) in [6, 6.07) is 16.3. The quantitative estimate of drug-likeness (QED) is 0.799. The maximum atomic E-state index is 3.75. The molecule has 19 heavy (non-hydrogen) atoms. The van der Waals surface area contributed by atoms with Crippen molar-refractivity contribution in [1.29, 1.82) is 0 Å². The summed E-state index contributed by atoms with van der Waals surface area (Å²) in [5.74, 6) is 0.674. The Balaban J connectivity index is 2.19. The number of hydrogen-bond donors (Lipinski definition) is 1. The molecule has 0 heterocycles. The molecule has 0 amide bonds. The third-order valence-corrected chi connectivity index (χ3v) is 3.98. The second-order valence-corrected chi connectivity index (χ2v) is 5.75. The smallest absolute Gasteiger partial charge is 0.0294 e. The first-order chi connectivity index (χ1) is 9.11. The molecule has 2 unspecified atom stereocenters. The first kappa shape index (κ1) is 14.1. The van der Waals surface area contributed by atoms with E-state index in [1.165, 1.54) is 22.8 Å². The minimum atomic E-state index is 0.400. The van der Waals surface area contributed by atoms with Crippen LogP contribution in [0.2, 0.25) is 0 Å². The van der Waals surface area contributed by atoms with Crippen LogP contribution in [-0.2, 0) is 0 Å². The van der Waals surface area contributed by atoms with Crippen molar-refractivity contribution < 1.29 is 0 Å². The molecule has 1 heteroatoms. The van der Waals surface area contributed by atoms with Gasteiger partial charge in [0.05, 0.1) is 0 Å². The summed E-state index contributed by atoms with van der Waals surface area (Å²) in [4.78, 5) is 0. The van der Waals surface area contributed by atoms with Gasteiger partial charge in [-0.2, -0.15) is 0 Å². The Hall–Kier alpha value is -1.34. The SMILES string of the molecule is CCC(NC(C)c1ccc2ccccc2c1)C(C)C. The van der Waals surface area contributed by atoms with Gasteiger partial charge in [0, 0.05) is 12.1 Å². The fourth-order valence-corrected chi connectivity index (χ4v) is 2.68. The van der Waals surface area contributed by atoms with E-state index in [0.29, 0.717) is 18.0 Å². The molecule has 0 fully saturated rings. The number of benzene rings is 2. The van der Waals surface area contributed by atoms with Crippen LogP contribution in [0.15, 0.2) is 42.5 Å². The van der Waals surface area contributed by atoms with Gasteiger partial charge in [-0.05, 0) is 41.7 Å². The van der Waals surface area contributed by atoms with Crippen molar-refractivity contribution in [2.24, 2.45) is 5.92 Å². The molecule has 1 N–H and O–H groups in total. The molecule has 2 rings (SSSR count). The van der Waals surface area contributed by atoms with Gasteiger partial charge in [0.1, 0.15) is 0 Å². The van der Waals surface area contributed by atoms with E-state index in [9.17, 15) is 0 Å². The summed E-state index contributed by atoms with van der Waals surface area (Å²) >= 11 is 0. The third kappa shape index (κ3) is 3.36. The molecule has 1 nitrogen and oxygen atoms in total. The van der Waals surface area contributed by atoms with Crippen molar-refractivity contribution in [3.63, 3.8) is 0 Å². The lowest BCUT2D eigenvalue weighted by Crippen LogP contribution is -2.35. The molecular weight excluding hydrogens is 230 g/mol. The van der Waals surface area contributed by atoms with Gasteiger partial charge in [-0.15, -0.1) is 0 Å². The maximum absolute atomic E-state index is 3.75. The fourth-order valence-electron chi connectivity index (χ4n) is 2.68. The molecular formula is C18H25N. The van der Waals surface area contributed by atoms with E-state index in [1.54, 1.807) is 0 Å². The standard InChI is InChI=1S/C18H25N/c1-5-18(13(2)3)19-14(4)16-11-10-15-8-6-7-9-17(15)12-16/h6-14,18-19H,5H2,1-4H3. The largest absolute Gasteiger partial charge is 0.307 e. The van der Waals surface area contributed by atoms with Gasteiger partial charge in [-0.1, -0.05) is 57.2 Å². The summed E-state index contributed by atoms with van der Waals surface area (Å²) in [6.07, 6.45) is 1.18. The summed E-state index contributed by atoms with van der Waals surface area (Å²) in [5.41, 5.74) is 1.37. The van der Waals surface area contributed by atoms with E-state index in [-0.39, 0.29) is 0 Å². The Morgan fingerprint density at radius 1 is 0.947 bits per heavy atom. The van der Waals surface area contributed by atoms with Crippen LogP contribution in [-0.4, -0.2) is 6.04 Å². The Labute approximate surface area is 117 Å². The summed E-state index contributed by atoms with van der Waals surface area (Å²) < 4.78 is 0. The van der Waals surface area contributed by atoms with Crippen LogP contribution in [0, 0.1) is 5.92 Å². The zero-order chi connectivity index (χ0) is 13.8. The van der Waals surface area contributed by atoms with Crippen LogP contribution in [0.3, 0.4) is 0 Å². The molecule has 0 aliphatic heterocycles. The minimum absolute atomic E-state index is 0.400. The Morgan fingerprint density at radius 2 is 1.63 bits per heavy atom. The summed E-state index contributed by atoms with van der Waals surface area (Å²) in [7, 11) is 0. The molecule has 0 aliphatic rings. The highest BCUT2D eigenvalue weighted by atomic mass is 14.9. The molecule has 2 aromatic carbocycles. The number of nitrogens with one attached hydrogen (secondary N) is 1. The zero-order valence-electron chi connectivity index (χ0n) is 12.5. The van der Waals surface area contributed by atoms with Crippen LogP contribution >= 0.6 is 0 Å². The van der Waals surface area contributed by atoms with Crippen molar-refractivity contribution in [3.8, 4) is 0 Å². The van der Waals surface area contributed by atoms with Crippen molar-refractivity contribution in [2.45, 2.75) is 46.2 Å². The predicted octanol–water partition coefficient (Wildman–Crippen LogP) is 4.93. The number of hydrogen-bond acceptors (Lipinski definition) is 1. The van der Waals surface area contributed by atoms with Crippen molar-refractivity contribution in [2.75, 3.05) is 0 Å². The Morgan fingerprint density at radius 3 is 2.26 bits per heavy atom. The molecule has 2 aromatic rings. The van der Waals surface area contributed by atoms with Crippen LogP contribution < -0.4 is 5.32 Å². The van der Waals surface area contributed by atoms with E-state index in [0.717, 1.165) is 0 Å². The number of fused-ring (bicyclic) bond motifs is 1. The monoisotopic (exact) mass is 255 g/mol. The lowest BCUT2D eigenvalue weighted by atomic mass is 9.98. The highest BCUT2D eigenvalue weighted by molar-refractivity contribution is 5.83. The van der Waals surface area contributed by atoms with Gasteiger partial charge in [0.25, 0.3) is 0 Å². The lowest BCUT2D eigenvalue weighted by molar-refractivity contribution is 0.356. The van der Waals surface area contributed by atoms with Crippen molar-refractivity contribution in [3.05, 3.63) is 48.0 Å². The Kier molecular flexibility index (Phi) is 4.60. The minimum Gasteiger partial charge on any atom is -0.307 e. The maximum Gasteiger partial charge on any atom is 0.0294 e. The fraction of sp³-hybridized carbons (Fsp3) is 0.444. The topological polar surface area (TPSA) is 12.0 Å². The molecule has 0 radical (unpaired) electrons. The van der Waals surface area contributed by atoms with Gasteiger partial charge in [-0.3, -0.25) is 0 Å². The van der Waals surface area contributed by atoms with Crippen LogP contribution in [0.4, 0.5) is 0 Å². The molecule has 0 aliphatic carbocycles. The second-order valence-electron chi connectivity index (χ2n) is 5.75. The first-order valence-corrected chi connectivity index (χ1v) is 7.36. The third-order valence-electron chi connectivity index (χ3n) is 3.98. The van der Waals surface area contributed by atoms with Gasteiger partial charge in [0.15, 0.2) is 0 Å². The average molecular weight is 255 g/mol. The van der Waals surface area contributed by atoms with E-state index in [2.05, 4.69) is 75.5 Å². The van der Waals surface area contributed by atoms with E-state index < -0.39 is 0 Å². The molecule has 0 spiro atoms. The first-order valence-electron chi connectivity index (χ1n) is 7.36. The van der Waals surface area contributed by atoms with Crippen LogP contribution in [0.1, 0.15) is 45.7 Å². The normalized spacial score (nSPS) is 14.8. The predicted molar refractivity (Wildman–Crippen MR) is 84.4 cm³/mol. The van der Waals surface area contributed by atoms with Crippen LogP contribution in [0.25, 0.3) is 10.8 Å². The van der Waals surface area contributed by atoms with Gasteiger partial charge < -0.3 is 5.32 Å². The lowest BCUT2D eigenvalue weighted by Gasteiger charge is -2.25. The molecule has 0 saturated heterocycles. The van der Waals surface area contributed by atoms with Gasteiger partial charge >= 0.3 is 0 Å². The summed E-state index contributed by atoms with van der Waals surface area (Å²) in [6.45, 7) is 9.09. The molecule has 2 atom stereocenters. The van der Waals surface area contributed by atoms with Crippen LogP contribution in [0.5, 0.6) is 0 Å². The van der Waals surface area contributed by atoms with E-state index in [4.69, 9.17) is 0 Å². The van der Waals surface area contributed by atoms with Crippen molar-refractivity contribution >= 4 is 10.8 Å². The Bertz CT molecular complexity index is 530. The molecule has 0 aromatic heterocycles. The van der Waals surface area contributed by atoms with E-state index >= 15 is 0 Å².